The second-order valence-electron chi connectivity index (χ2n) is 5.63. The third kappa shape index (κ3) is 3.29. The van der Waals surface area contributed by atoms with Crippen molar-refractivity contribution in [3.8, 4) is 0 Å². The molecule has 0 saturated heterocycles. The first-order valence-corrected chi connectivity index (χ1v) is 7.93. The second-order valence-corrected chi connectivity index (χ2v) is 5.63. The number of aryl methyl sites for hydroxylation is 2. The molecule has 1 heterocycles. The van der Waals surface area contributed by atoms with E-state index in [1.165, 1.54) is 11.1 Å². The van der Waals surface area contributed by atoms with Crippen LogP contribution in [0.1, 0.15) is 23.1 Å². The summed E-state index contributed by atoms with van der Waals surface area (Å²) in [4.78, 5) is 14.5. The zero-order chi connectivity index (χ0) is 16.8. The van der Waals surface area contributed by atoms with Crippen LogP contribution in [-0.4, -0.2) is 17.6 Å². The van der Waals surface area contributed by atoms with Crippen LogP contribution >= 0.6 is 0 Å². The van der Waals surface area contributed by atoms with Crippen molar-refractivity contribution < 1.29 is 4.79 Å². The molecule has 0 unspecified atom stereocenters. The molecule has 3 aromatic rings. The van der Waals surface area contributed by atoms with Crippen LogP contribution in [0.4, 0.5) is 0 Å². The van der Waals surface area contributed by atoms with Gasteiger partial charge in [0, 0.05) is 29.4 Å². The number of H-pyrrole nitrogens is 1. The number of hydrazone groups is 1. The Kier molecular flexibility index (Phi) is 4.90. The summed E-state index contributed by atoms with van der Waals surface area (Å²) < 4.78 is 0. The maximum atomic E-state index is 11.2. The molecule has 120 valence electrons. The van der Waals surface area contributed by atoms with Gasteiger partial charge in [-0.25, -0.2) is 4.79 Å². The van der Waals surface area contributed by atoms with E-state index in [2.05, 4.69) is 46.5 Å². The Morgan fingerprint density at radius 1 is 1.12 bits per heavy atom. The summed E-state index contributed by atoms with van der Waals surface area (Å²) in [5.41, 5.74) is 7.26. The molecule has 2 aromatic carbocycles. The van der Waals surface area contributed by atoms with E-state index in [9.17, 15) is 4.79 Å². The van der Waals surface area contributed by atoms with Gasteiger partial charge in [-0.15, -0.1) is 0 Å². The number of hydrogen-bond donors (Lipinski definition) is 2. The SMILES string of the molecule is C=NNC(=C=O)c1cccc2[nH]cc(CCCc3ccccc3)c12. The fourth-order valence-corrected chi connectivity index (χ4v) is 3.01. The minimum Gasteiger partial charge on any atom is -0.361 e. The standard InChI is InChI=1S/C20H19N3O/c1-21-23-19(14-24)17-11-6-12-18-20(17)16(13-22-18)10-5-9-15-7-3-2-4-8-15/h2-4,6-8,11-13,22-23H,1,5,9-10H2. The number of aromatic amines is 1. The highest BCUT2D eigenvalue weighted by atomic mass is 16.1. The molecule has 0 saturated carbocycles. The molecule has 0 amide bonds. The molecule has 1 aromatic heterocycles. The van der Waals surface area contributed by atoms with Crippen LogP contribution in [0, 0.1) is 0 Å². The molecular weight excluding hydrogens is 298 g/mol. The van der Waals surface area contributed by atoms with Crippen LogP contribution in [0.25, 0.3) is 16.6 Å². The van der Waals surface area contributed by atoms with Crippen LogP contribution in [-0.2, 0) is 17.6 Å². The summed E-state index contributed by atoms with van der Waals surface area (Å²) in [5.74, 6) is 1.92. The molecular formula is C20H19N3O. The summed E-state index contributed by atoms with van der Waals surface area (Å²) in [6.07, 6.45) is 5.01. The number of nitrogens with one attached hydrogen (secondary N) is 2. The van der Waals surface area contributed by atoms with E-state index in [1.54, 1.807) is 0 Å². The Labute approximate surface area is 140 Å². The van der Waals surface area contributed by atoms with Crippen LogP contribution in [0.2, 0.25) is 0 Å². The largest absolute Gasteiger partial charge is 0.361 e. The minimum absolute atomic E-state index is 0.305. The van der Waals surface area contributed by atoms with Crippen molar-refractivity contribution >= 4 is 29.3 Å². The molecule has 3 rings (SSSR count). The molecule has 2 N–H and O–H groups in total. The van der Waals surface area contributed by atoms with Gasteiger partial charge in [0.05, 0.1) is 0 Å². The van der Waals surface area contributed by atoms with Crippen molar-refractivity contribution in [2.45, 2.75) is 19.3 Å². The van der Waals surface area contributed by atoms with E-state index in [0.717, 1.165) is 35.7 Å². The van der Waals surface area contributed by atoms with Gasteiger partial charge in [0.1, 0.15) is 5.70 Å². The van der Waals surface area contributed by atoms with Crippen molar-refractivity contribution in [1.29, 1.82) is 0 Å². The van der Waals surface area contributed by atoms with Gasteiger partial charge in [-0.2, -0.15) is 5.10 Å². The first-order valence-electron chi connectivity index (χ1n) is 7.93. The molecule has 4 nitrogen and oxygen atoms in total. The van der Waals surface area contributed by atoms with Crippen LogP contribution in [0.3, 0.4) is 0 Å². The van der Waals surface area contributed by atoms with Crippen molar-refractivity contribution in [1.82, 2.24) is 10.4 Å². The normalized spacial score (nSPS) is 10.3. The fraction of sp³-hybridized carbons (Fsp3) is 0.150. The van der Waals surface area contributed by atoms with E-state index in [4.69, 9.17) is 0 Å². The van der Waals surface area contributed by atoms with Crippen molar-refractivity contribution in [3.05, 3.63) is 71.4 Å². The maximum absolute atomic E-state index is 11.2. The Balaban J connectivity index is 1.86. The molecule has 0 bridgehead atoms. The number of rotatable bonds is 7. The monoisotopic (exact) mass is 317 g/mol. The van der Waals surface area contributed by atoms with Crippen molar-refractivity contribution in [2.75, 3.05) is 0 Å². The first kappa shape index (κ1) is 15.8. The fourth-order valence-electron chi connectivity index (χ4n) is 3.01. The molecule has 0 radical (unpaired) electrons. The third-order valence-corrected chi connectivity index (χ3v) is 4.10. The summed E-state index contributed by atoms with van der Waals surface area (Å²) in [6, 6.07) is 16.3. The highest BCUT2D eigenvalue weighted by molar-refractivity contribution is 6.00. The number of fused-ring (bicyclic) bond motifs is 1. The quantitative estimate of drug-likeness (QED) is 0.396. The first-order chi connectivity index (χ1) is 11.8. The Morgan fingerprint density at radius 2 is 1.96 bits per heavy atom. The molecule has 0 aliphatic carbocycles. The minimum atomic E-state index is 0.305. The van der Waals surface area contributed by atoms with Gasteiger partial charge >= 0.3 is 0 Å². The highest BCUT2D eigenvalue weighted by Crippen LogP contribution is 2.27. The topological polar surface area (TPSA) is 57.2 Å². The number of benzene rings is 2. The van der Waals surface area contributed by atoms with Gasteiger partial charge in [0.15, 0.2) is 5.94 Å². The predicted molar refractivity (Wildman–Crippen MR) is 98.6 cm³/mol. The van der Waals surface area contributed by atoms with E-state index >= 15 is 0 Å². The number of hydrogen-bond acceptors (Lipinski definition) is 3. The molecule has 0 aliphatic rings. The van der Waals surface area contributed by atoms with E-state index in [-0.39, 0.29) is 0 Å². The van der Waals surface area contributed by atoms with E-state index in [1.807, 2.05) is 36.4 Å². The van der Waals surface area contributed by atoms with Gasteiger partial charge in [0.25, 0.3) is 0 Å². The van der Waals surface area contributed by atoms with Gasteiger partial charge in [-0.1, -0.05) is 42.5 Å². The zero-order valence-corrected chi connectivity index (χ0v) is 13.4. The molecule has 24 heavy (non-hydrogen) atoms. The molecule has 4 heteroatoms. The lowest BCUT2D eigenvalue weighted by Gasteiger charge is -2.07. The predicted octanol–water partition coefficient (Wildman–Crippen LogP) is 3.72. The summed E-state index contributed by atoms with van der Waals surface area (Å²) in [7, 11) is 0. The van der Waals surface area contributed by atoms with Crippen molar-refractivity contribution in [2.24, 2.45) is 5.10 Å². The second kappa shape index (κ2) is 7.44. The van der Waals surface area contributed by atoms with Gasteiger partial charge in [-0.05, 0) is 36.5 Å². The zero-order valence-electron chi connectivity index (χ0n) is 13.4. The number of aromatic nitrogens is 1. The lowest BCUT2D eigenvalue weighted by molar-refractivity contribution is 0.568. The van der Waals surface area contributed by atoms with Crippen molar-refractivity contribution in [3.63, 3.8) is 0 Å². The van der Waals surface area contributed by atoms with Crippen LogP contribution in [0.5, 0.6) is 0 Å². The number of nitrogens with zero attached hydrogens (tertiary/aromatic N) is 1. The Hall–Kier alpha value is -3.10. The Morgan fingerprint density at radius 3 is 2.71 bits per heavy atom. The lowest BCUT2D eigenvalue weighted by Crippen LogP contribution is -2.05. The third-order valence-electron chi connectivity index (χ3n) is 4.10. The average molecular weight is 317 g/mol. The molecule has 0 fully saturated rings. The van der Waals surface area contributed by atoms with Gasteiger partial charge in [-0.3, -0.25) is 5.43 Å². The maximum Gasteiger partial charge on any atom is 0.152 e. The molecule has 0 aliphatic heterocycles. The Bertz CT molecular complexity index is 890. The van der Waals surface area contributed by atoms with E-state index < -0.39 is 0 Å². The highest BCUT2D eigenvalue weighted by Gasteiger charge is 2.12. The molecule has 0 atom stereocenters. The summed E-state index contributed by atoms with van der Waals surface area (Å²) in [6.45, 7) is 3.38. The van der Waals surface area contributed by atoms with Crippen LogP contribution in [0.15, 0.2) is 59.8 Å². The average Bonchev–Trinajstić information content (AvgIpc) is 3.04. The lowest BCUT2D eigenvalue weighted by atomic mass is 9.99. The molecule has 0 spiro atoms. The summed E-state index contributed by atoms with van der Waals surface area (Å²) in [5, 5.41) is 4.64. The van der Waals surface area contributed by atoms with Gasteiger partial charge < -0.3 is 4.98 Å². The smallest absolute Gasteiger partial charge is 0.152 e. The summed E-state index contributed by atoms with van der Waals surface area (Å²) >= 11 is 0. The van der Waals surface area contributed by atoms with Crippen LogP contribution < -0.4 is 5.43 Å². The number of carbonyl (C=O) groups excluding carboxylic acids is 1. The van der Waals surface area contributed by atoms with Gasteiger partial charge in [0.2, 0.25) is 0 Å². The van der Waals surface area contributed by atoms with E-state index in [0.29, 0.717) is 5.70 Å².